The van der Waals surface area contributed by atoms with Gasteiger partial charge in [0.15, 0.2) is 24.8 Å². The maximum Gasteiger partial charge on any atom is 0.343 e. The van der Waals surface area contributed by atoms with Crippen LogP contribution < -0.4 is 42.6 Å². The van der Waals surface area contributed by atoms with E-state index < -0.39 is 142 Å². The quantitative estimate of drug-likeness (QED) is 0.0174. The topological polar surface area (TPSA) is 399 Å². The summed E-state index contributed by atoms with van der Waals surface area (Å²) in [5.74, 6) is -1.87. The van der Waals surface area contributed by atoms with E-state index >= 15 is 0 Å². The first-order valence-corrected chi connectivity index (χ1v) is 21.9. The standard InChI is InChI=1S/C43H63N7O19/c1-20(54)48-31-34(58)36(61-2)25(17-51)66-41(31)69-38-27(19-53)67-42(68-37-26(18-52)65-40(62-3)30(44)33(37)57)32(35(38)59)50-29(56)14-13-28(55)47-15-4-16-63-23-9-5-21(6-10-23)39(60)64-24-11-7-22(8-12-24)49-43(45)46/h5-12,25-27,30-38,40-42,51-53,57-59H,4,13-19,44H2,1-3H3,(H,47,55)(H,48,54)(H,50,56)(H4,45,46,49)/t25?,26?,27?,30?,31?,32?,33-,34-,35-,36-,37-,38-,40-,41+,42+/m1/s1. The molecule has 3 amide bonds. The molecule has 3 fully saturated rings. The molecule has 0 saturated carbocycles. The Hall–Kier alpha value is -5.17. The normalized spacial score (nSPS) is 31.2. The van der Waals surface area contributed by atoms with E-state index in [4.69, 9.17) is 59.8 Å². The van der Waals surface area contributed by atoms with E-state index in [2.05, 4.69) is 20.9 Å². The summed E-state index contributed by atoms with van der Waals surface area (Å²) >= 11 is 0. The average molecular weight is 982 g/mol. The predicted molar refractivity (Wildman–Crippen MR) is 236 cm³/mol. The van der Waals surface area contributed by atoms with Crippen LogP contribution in [0.3, 0.4) is 0 Å². The molecule has 2 aromatic carbocycles. The summed E-state index contributed by atoms with van der Waals surface area (Å²) in [6, 6.07) is 8.33. The number of carbonyl (C=O) groups is 4. The molecule has 26 heteroatoms. The van der Waals surface area contributed by atoms with Crippen LogP contribution in [0.25, 0.3) is 0 Å². The van der Waals surface area contributed by atoms with Crippen LogP contribution >= 0.6 is 0 Å². The van der Waals surface area contributed by atoms with Crippen LogP contribution in [-0.4, -0.2) is 199 Å². The molecule has 0 bridgehead atoms. The molecule has 0 radical (unpaired) electrons. The second-order valence-corrected chi connectivity index (χ2v) is 16.2. The number of hydrogen-bond acceptors (Lipinski definition) is 21. The summed E-state index contributed by atoms with van der Waals surface area (Å²) in [5, 5.41) is 72.6. The highest BCUT2D eigenvalue weighted by atomic mass is 16.7. The molecule has 26 nitrogen and oxygen atoms in total. The molecule has 3 aliphatic heterocycles. The van der Waals surface area contributed by atoms with Crippen molar-refractivity contribution in [3.05, 3.63) is 54.1 Å². The van der Waals surface area contributed by atoms with Crippen LogP contribution in [0.4, 0.5) is 5.69 Å². The number of carbonyl (C=O) groups excluding carboxylic acids is 4. The summed E-state index contributed by atoms with van der Waals surface area (Å²) in [6.45, 7) is -0.692. The lowest BCUT2D eigenvalue weighted by Crippen LogP contribution is -2.70. The first kappa shape index (κ1) is 54.8. The summed E-state index contributed by atoms with van der Waals surface area (Å²) in [6.07, 6.45) is -17.9. The molecular formula is C43H63N7O19. The molecule has 15 atom stereocenters. The van der Waals surface area contributed by atoms with Crippen molar-refractivity contribution in [2.45, 2.75) is 118 Å². The van der Waals surface area contributed by atoms with E-state index in [-0.39, 0.29) is 36.8 Å². The van der Waals surface area contributed by atoms with Crippen molar-refractivity contribution >= 4 is 35.3 Å². The van der Waals surface area contributed by atoms with Crippen LogP contribution in [-0.2, 0) is 47.5 Å². The monoisotopic (exact) mass is 981 g/mol. The van der Waals surface area contributed by atoms with E-state index in [0.717, 1.165) is 6.92 Å². The third-order valence-corrected chi connectivity index (χ3v) is 11.3. The number of methoxy groups -OCH3 is 2. The number of hydrogen-bond donors (Lipinski definition) is 12. The Kier molecular flexibility index (Phi) is 20.8. The number of aliphatic hydroxyl groups excluding tert-OH is 6. The minimum Gasteiger partial charge on any atom is -0.494 e. The molecule has 15 N–H and O–H groups in total. The first-order chi connectivity index (χ1) is 33.0. The highest BCUT2D eigenvalue weighted by Crippen LogP contribution is 2.33. The molecular weight excluding hydrogens is 919 g/mol. The maximum atomic E-state index is 13.5. The number of benzene rings is 2. The van der Waals surface area contributed by atoms with Crippen LogP contribution in [0.5, 0.6) is 11.5 Å². The van der Waals surface area contributed by atoms with E-state index in [9.17, 15) is 49.8 Å². The Morgan fingerprint density at radius 1 is 0.681 bits per heavy atom. The molecule has 3 heterocycles. The Balaban J connectivity index is 1.18. The van der Waals surface area contributed by atoms with Crippen LogP contribution in [0.2, 0.25) is 0 Å². The second-order valence-electron chi connectivity index (χ2n) is 16.2. The predicted octanol–water partition coefficient (Wildman–Crippen LogP) is -4.54. The fraction of sp³-hybridized carbons (Fsp3) is 0.605. The smallest absolute Gasteiger partial charge is 0.343 e. The zero-order valence-electron chi connectivity index (χ0n) is 38.1. The van der Waals surface area contributed by atoms with Gasteiger partial charge in [-0.3, -0.25) is 14.4 Å². The van der Waals surface area contributed by atoms with E-state index in [1.807, 2.05) is 0 Å². The van der Waals surface area contributed by atoms with Gasteiger partial charge in [0, 0.05) is 40.5 Å². The lowest BCUT2D eigenvalue weighted by molar-refractivity contribution is -0.352. The fourth-order valence-corrected chi connectivity index (χ4v) is 7.80. The Labute approximate surface area is 396 Å². The number of nitrogens with one attached hydrogen (secondary N) is 3. The van der Waals surface area contributed by atoms with Gasteiger partial charge < -0.3 is 106 Å². The van der Waals surface area contributed by atoms with E-state index in [0.29, 0.717) is 17.9 Å². The highest BCUT2D eigenvalue weighted by Gasteiger charge is 2.54. The van der Waals surface area contributed by atoms with Crippen molar-refractivity contribution in [2.75, 3.05) is 47.2 Å². The van der Waals surface area contributed by atoms with Gasteiger partial charge in [0.25, 0.3) is 0 Å². The summed E-state index contributed by atoms with van der Waals surface area (Å²) < 4.78 is 51.3. The zero-order valence-corrected chi connectivity index (χ0v) is 38.1. The highest BCUT2D eigenvalue weighted by molar-refractivity contribution is 5.91. The zero-order chi connectivity index (χ0) is 50.4. The number of guanidine groups is 1. The lowest BCUT2D eigenvalue weighted by atomic mass is 9.93. The van der Waals surface area contributed by atoms with Gasteiger partial charge in [0.2, 0.25) is 17.7 Å². The molecule has 69 heavy (non-hydrogen) atoms. The number of aliphatic imine (C=N–C) groups is 1. The van der Waals surface area contributed by atoms with Crippen LogP contribution in [0.1, 0.15) is 36.5 Å². The molecule has 384 valence electrons. The molecule has 0 spiro atoms. The third-order valence-electron chi connectivity index (χ3n) is 11.3. The van der Waals surface area contributed by atoms with Crippen molar-refractivity contribution in [3.63, 3.8) is 0 Å². The van der Waals surface area contributed by atoms with Gasteiger partial charge in [0.1, 0.15) is 78.5 Å². The lowest BCUT2D eigenvalue weighted by Gasteiger charge is -2.50. The molecule has 0 aliphatic carbocycles. The van der Waals surface area contributed by atoms with Crippen molar-refractivity contribution in [1.29, 1.82) is 0 Å². The Bertz CT molecular complexity index is 2000. The average Bonchev–Trinajstić information content (AvgIpc) is 3.33. The van der Waals surface area contributed by atoms with Gasteiger partial charge in [0.05, 0.1) is 43.7 Å². The minimum atomic E-state index is -1.86. The molecule has 3 saturated heterocycles. The number of esters is 1. The summed E-state index contributed by atoms with van der Waals surface area (Å²) in [7, 11) is 2.53. The first-order valence-electron chi connectivity index (χ1n) is 21.9. The van der Waals surface area contributed by atoms with E-state index in [1.165, 1.54) is 26.4 Å². The number of amides is 3. The summed E-state index contributed by atoms with van der Waals surface area (Å²) in [4.78, 5) is 55.0. The molecule has 2 aromatic rings. The Morgan fingerprint density at radius 3 is 1.75 bits per heavy atom. The maximum absolute atomic E-state index is 13.5. The number of nitrogens with two attached hydrogens (primary N) is 3. The van der Waals surface area contributed by atoms with E-state index in [1.54, 1.807) is 36.4 Å². The third kappa shape index (κ3) is 14.7. The second kappa shape index (κ2) is 26.2. The molecule has 0 aromatic heterocycles. The fourth-order valence-electron chi connectivity index (χ4n) is 7.80. The van der Waals surface area contributed by atoms with Gasteiger partial charge in [-0.25, -0.2) is 9.79 Å². The van der Waals surface area contributed by atoms with Crippen molar-refractivity contribution in [3.8, 4) is 11.5 Å². The van der Waals surface area contributed by atoms with Gasteiger partial charge in [-0.2, -0.15) is 0 Å². The number of rotatable bonds is 22. The number of ether oxygens (including phenoxy) is 9. The van der Waals surface area contributed by atoms with Gasteiger partial charge in [-0.15, -0.1) is 0 Å². The SMILES string of the molecule is CO[C@@H]1OC(CO)[C@@H](O[C@@H]2OC(CO)[C@@H](O[C@@H]3OC(CO)[C@@H](OC)[C@H](O)C3NC(C)=O)[C@H](O)C2NC(=O)CCC(=O)NCCCOc2ccc(C(=O)Oc3ccc(N=C(N)N)cc3)cc2)[C@H](O)C1N. The van der Waals surface area contributed by atoms with Gasteiger partial charge >= 0.3 is 5.97 Å². The van der Waals surface area contributed by atoms with Crippen molar-refractivity contribution in [1.82, 2.24) is 16.0 Å². The Morgan fingerprint density at radius 2 is 1.20 bits per heavy atom. The largest absolute Gasteiger partial charge is 0.494 e. The molecule has 5 rings (SSSR count). The number of nitrogens with zero attached hydrogens (tertiary/aromatic N) is 1. The summed E-state index contributed by atoms with van der Waals surface area (Å²) in [5.41, 5.74) is 17.6. The van der Waals surface area contributed by atoms with Gasteiger partial charge in [-0.1, -0.05) is 0 Å². The van der Waals surface area contributed by atoms with Crippen molar-refractivity contribution < 1.29 is 92.4 Å². The van der Waals surface area contributed by atoms with Crippen LogP contribution in [0, 0.1) is 0 Å². The minimum absolute atomic E-state index is 0.108. The molecule has 6 unspecified atom stereocenters. The van der Waals surface area contributed by atoms with Gasteiger partial charge in [-0.05, 0) is 55.0 Å². The molecule has 3 aliphatic rings. The number of aliphatic hydroxyl groups is 6. The van der Waals surface area contributed by atoms with Crippen LogP contribution in [0.15, 0.2) is 53.5 Å². The van der Waals surface area contributed by atoms with Crippen molar-refractivity contribution in [2.24, 2.45) is 22.2 Å².